The van der Waals surface area contributed by atoms with Gasteiger partial charge in [0, 0.05) is 6.54 Å². The van der Waals surface area contributed by atoms with Crippen LogP contribution < -0.4 is 8.85 Å². The van der Waals surface area contributed by atoms with Gasteiger partial charge in [0.25, 0.3) is 0 Å². The van der Waals surface area contributed by atoms with E-state index in [1.54, 1.807) is 22.9 Å². The van der Waals surface area contributed by atoms with Crippen LogP contribution in [0.15, 0.2) is 0 Å². The Labute approximate surface area is 72.9 Å². The summed E-state index contributed by atoms with van der Waals surface area (Å²) in [6.07, 6.45) is 0.160. The molecule has 4 nitrogen and oxygen atoms in total. The molecule has 0 saturated carbocycles. The number of aliphatic hydroxyl groups is 1. The van der Waals surface area contributed by atoms with E-state index in [0.717, 1.165) is 0 Å². The second-order valence-electron chi connectivity index (χ2n) is 2.31. The van der Waals surface area contributed by atoms with Crippen molar-refractivity contribution in [2.45, 2.75) is 18.6 Å². The zero-order valence-electron chi connectivity index (χ0n) is 5.30. The summed E-state index contributed by atoms with van der Waals surface area (Å²) in [6, 6.07) is -0.202. The molecular formula is C5H9IN2O2. The molecule has 5 heteroatoms. The highest BCUT2D eigenvalue weighted by Crippen LogP contribution is 2.05. The lowest BCUT2D eigenvalue weighted by atomic mass is 10.2. The van der Waals surface area contributed by atoms with Gasteiger partial charge in [-0.25, -0.2) is 0 Å². The molecule has 0 aromatic rings. The Morgan fingerprint density at radius 3 is 2.90 bits per heavy atom. The second-order valence-corrected chi connectivity index (χ2v) is 2.85. The van der Waals surface area contributed by atoms with Crippen LogP contribution >= 0.6 is 22.9 Å². The molecule has 1 aliphatic rings. The van der Waals surface area contributed by atoms with E-state index in [-0.39, 0.29) is 18.1 Å². The Kier molecular flexibility index (Phi) is 2.87. The van der Waals surface area contributed by atoms with Gasteiger partial charge in [-0.1, -0.05) is 0 Å². The summed E-state index contributed by atoms with van der Waals surface area (Å²) >= 11 is 1.79. The number of aliphatic hydroxyl groups excluding tert-OH is 1. The predicted molar refractivity (Wildman–Crippen MR) is 44.6 cm³/mol. The first-order valence-electron chi connectivity index (χ1n) is 3.06. The fraction of sp³-hybridized carbons (Fsp3) is 0.800. The lowest BCUT2D eigenvalue weighted by molar-refractivity contribution is -0.120. The van der Waals surface area contributed by atoms with Gasteiger partial charge in [-0.2, -0.15) is 0 Å². The maximum Gasteiger partial charge on any atom is 0.245 e. The first-order chi connectivity index (χ1) is 4.74. The minimum absolute atomic E-state index is 0.0582. The Morgan fingerprint density at radius 1 is 1.80 bits per heavy atom. The summed E-state index contributed by atoms with van der Waals surface area (Å²) in [5.74, 6) is -0.0582. The molecule has 1 heterocycles. The van der Waals surface area contributed by atoms with Crippen molar-refractivity contribution < 1.29 is 9.90 Å². The van der Waals surface area contributed by atoms with E-state index in [4.69, 9.17) is 5.11 Å². The third-order valence-corrected chi connectivity index (χ3v) is 2.05. The third-order valence-electron chi connectivity index (χ3n) is 1.52. The number of halogens is 1. The zero-order chi connectivity index (χ0) is 7.56. The van der Waals surface area contributed by atoms with Gasteiger partial charge >= 0.3 is 0 Å². The van der Waals surface area contributed by atoms with E-state index < -0.39 is 0 Å². The fourth-order valence-electron chi connectivity index (χ4n) is 0.983. The first kappa shape index (κ1) is 8.22. The van der Waals surface area contributed by atoms with Crippen LogP contribution in [0, 0.1) is 0 Å². The molecule has 0 aromatic heterocycles. The lowest BCUT2D eigenvalue weighted by Gasteiger charge is -2.04. The average Bonchev–Trinajstić information content (AvgIpc) is 2.34. The van der Waals surface area contributed by atoms with E-state index in [9.17, 15) is 4.79 Å². The van der Waals surface area contributed by atoms with Crippen LogP contribution in [-0.4, -0.2) is 29.7 Å². The molecule has 2 atom stereocenters. The van der Waals surface area contributed by atoms with E-state index in [1.807, 2.05) is 0 Å². The van der Waals surface area contributed by atoms with Crippen molar-refractivity contribution >= 4 is 28.8 Å². The molecule has 10 heavy (non-hydrogen) atoms. The Balaban J connectivity index is 2.37. The first-order valence-corrected chi connectivity index (χ1v) is 4.14. The maximum absolute atomic E-state index is 10.9. The van der Waals surface area contributed by atoms with Crippen molar-refractivity contribution in [3.63, 3.8) is 0 Å². The summed E-state index contributed by atoms with van der Waals surface area (Å²) in [6.45, 7) is 0.523. The number of nitrogens with one attached hydrogen (secondary N) is 2. The monoisotopic (exact) mass is 256 g/mol. The van der Waals surface area contributed by atoms with E-state index >= 15 is 0 Å². The summed E-state index contributed by atoms with van der Waals surface area (Å²) in [5, 5.41) is 11.9. The zero-order valence-corrected chi connectivity index (χ0v) is 7.46. The van der Waals surface area contributed by atoms with Gasteiger partial charge in [0.05, 0.1) is 35.0 Å². The van der Waals surface area contributed by atoms with Crippen LogP contribution in [0.1, 0.15) is 6.42 Å². The molecule has 0 spiro atoms. The number of hydrogen-bond donors (Lipinski definition) is 3. The van der Waals surface area contributed by atoms with Crippen LogP contribution in [0.4, 0.5) is 0 Å². The summed E-state index contributed by atoms with van der Waals surface area (Å²) in [4.78, 5) is 10.9. The van der Waals surface area contributed by atoms with E-state index in [2.05, 4.69) is 8.85 Å². The maximum atomic E-state index is 10.9. The van der Waals surface area contributed by atoms with Gasteiger partial charge in [-0.15, -0.1) is 0 Å². The molecule has 1 rings (SSSR count). The molecule has 1 amide bonds. The summed E-state index contributed by atoms with van der Waals surface area (Å²) < 4.78 is 2.48. The normalized spacial score (nSPS) is 32.2. The van der Waals surface area contributed by atoms with Crippen LogP contribution in [0.3, 0.4) is 0 Å². The molecule has 0 aliphatic carbocycles. The number of amides is 1. The lowest BCUT2D eigenvalue weighted by Crippen LogP contribution is -2.36. The van der Waals surface area contributed by atoms with Gasteiger partial charge in [-0.05, 0) is 6.42 Å². The predicted octanol–water partition coefficient (Wildman–Crippen LogP) is -0.825. The number of carbonyl (C=O) groups excluding carboxylic acids is 1. The molecule has 1 aliphatic heterocycles. The smallest absolute Gasteiger partial charge is 0.245 e. The largest absolute Gasteiger partial charge is 0.392 e. The Bertz CT molecular complexity index is 142. The van der Waals surface area contributed by atoms with Gasteiger partial charge < -0.3 is 10.4 Å². The van der Waals surface area contributed by atoms with Crippen LogP contribution in [0.25, 0.3) is 0 Å². The topological polar surface area (TPSA) is 61.4 Å². The highest BCUT2D eigenvalue weighted by Gasteiger charge is 2.27. The number of hydrogen-bond acceptors (Lipinski definition) is 3. The second kappa shape index (κ2) is 3.49. The third kappa shape index (κ3) is 1.80. The van der Waals surface area contributed by atoms with Crippen LogP contribution in [0.5, 0.6) is 0 Å². The van der Waals surface area contributed by atoms with Crippen LogP contribution in [-0.2, 0) is 4.79 Å². The number of β-amino-alcohol motifs (C(OH)–C–C–N with tert-alkyl or cyclic N) is 1. The average molecular weight is 256 g/mol. The van der Waals surface area contributed by atoms with Crippen molar-refractivity contribution in [1.82, 2.24) is 8.85 Å². The van der Waals surface area contributed by atoms with Crippen molar-refractivity contribution in [1.29, 1.82) is 0 Å². The minimum atomic E-state index is -0.362. The molecular weight excluding hydrogens is 247 g/mol. The van der Waals surface area contributed by atoms with E-state index in [1.165, 1.54) is 0 Å². The highest BCUT2D eigenvalue weighted by atomic mass is 127. The van der Waals surface area contributed by atoms with Crippen molar-refractivity contribution in [3.05, 3.63) is 0 Å². The van der Waals surface area contributed by atoms with Gasteiger partial charge in [0.15, 0.2) is 0 Å². The van der Waals surface area contributed by atoms with E-state index in [0.29, 0.717) is 13.0 Å². The molecule has 0 radical (unpaired) electrons. The Hall–Kier alpha value is 0.120. The minimum Gasteiger partial charge on any atom is -0.392 e. The molecule has 58 valence electrons. The molecule has 3 N–H and O–H groups in total. The number of carbonyl (C=O) groups is 1. The molecule has 0 bridgehead atoms. The number of rotatable bonds is 1. The summed E-state index contributed by atoms with van der Waals surface area (Å²) in [7, 11) is 0. The van der Waals surface area contributed by atoms with Crippen molar-refractivity contribution in [2.24, 2.45) is 0 Å². The van der Waals surface area contributed by atoms with Crippen molar-refractivity contribution in [2.75, 3.05) is 6.54 Å². The molecule has 0 aromatic carbocycles. The quantitative estimate of drug-likeness (QED) is 0.424. The molecule has 1 fully saturated rings. The molecule has 1 saturated heterocycles. The van der Waals surface area contributed by atoms with Crippen molar-refractivity contribution in [3.8, 4) is 0 Å². The highest BCUT2D eigenvalue weighted by molar-refractivity contribution is 14.1. The fourth-order valence-corrected chi connectivity index (χ4v) is 1.36. The standard InChI is InChI=1S/C5H9IN2O2/c6-8-5(10)4-1-3(9)2-7-4/h3-4,7,9H,1-2H2,(H,8,10). The molecule has 2 unspecified atom stereocenters. The van der Waals surface area contributed by atoms with Crippen LogP contribution in [0.2, 0.25) is 0 Å². The van der Waals surface area contributed by atoms with Gasteiger partial charge in [0.1, 0.15) is 0 Å². The SMILES string of the molecule is O=C(NI)C1CC(O)CN1. The summed E-state index contributed by atoms with van der Waals surface area (Å²) in [5.41, 5.74) is 0. The van der Waals surface area contributed by atoms with Gasteiger partial charge in [-0.3, -0.25) is 8.32 Å². The van der Waals surface area contributed by atoms with Gasteiger partial charge in [0.2, 0.25) is 5.91 Å². The Morgan fingerprint density at radius 2 is 2.50 bits per heavy atom.